The Morgan fingerprint density at radius 3 is 2.38 bits per heavy atom. The molecule has 0 aliphatic rings. The minimum absolute atomic E-state index is 0. The van der Waals surface area contributed by atoms with Gasteiger partial charge in [-0.05, 0) is 36.8 Å². The fourth-order valence-electron chi connectivity index (χ4n) is 3.03. The second-order valence-corrected chi connectivity index (χ2v) is 6.76. The summed E-state index contributed by atoms with van der Waals surface area (Å²) < 4.78 is 21.7. The van der Waals surface area contributed by atoms with Crippen molar-refractivity contribution in [1.82, 2.24) is 10.2 Å². The Morgan fingerprint density at radius 1 is 1.00 bits per heavy atom. The van der Waals surface area contributed by atoms with Crippen LogP contribution in [0.3, 0.4) is 0 Å². The summed E-state index contributed by atoms with van der Waals surface area (Å²) in [5.41, 5.74) is 2.02. The maximum absolute atomic E-state index is 8.95. The highest BCUT2D eigenvalue weighted by molar-refractivity contribution is 14.0. The van der Waals surface area contributed by atoms with Gasteiger partial charge in [0, 0.05) is 31.8 Å². The molecule has 178 valence electrons. The summed E-state index contributed by atoms with van der Waals surface area (Å²) in [6, 6.07) is 11.5. The van der Waals surface area contributed by atoms with E-state index < -0.39 is 0 Å². The van der Waals surface area contributed by atoms with Gasteiger partial charge in [0.1, 0.15) is 18.1 Å². The number of nitrogens with zero attached hydrogens (tertiary/aromatic N) is 2. The normalized spacial score (nSPS) is 10.8. The molecule has 0 aliphatic heterocycles. The van der Waals surface area contributed by atoms with E-state index >= 15 is 0 Å². The minimum atomic E-state index is -0.0490. The van der Waals surface area contributed by atoms with Crippen molar-refractivity contribution in [2.24, 2.45) is 4.99 Å². The molecule has 0 saturated carbocycles. The van der Waals surface area contributed by atoms with Gasteiger partial charge in [0.2, 0.25) is 0 Å². The number of hydrogen-bond acceptors (Lipinski definition) is 6. The van der Waals surface area contributed by atoms with E-state index in [0.29, 0.717) is 24.6 Å². The first-order valence-corrected chi connectivity index (χ1v) is 10.2. The van der Waals surface area contributed by atoms with E-state index in [1.54, 1.807) is 21.3 Å². The Balaban J connectivity index is 0.00000512. The fourth-order valence-corrected chi connectivity index (χ4v) is 3.03. The van der Waals surface area contributed by atoms with E-state index in [1.807, 2.05) is 55.3 Å². The number of aliphatic hydroxyl groups excluding tert-OH is 1. The van der Waals surface area contributed by atoms with E-state index in [9.17, 15) is 0 Å². The number of benzene rings is 2. The molecule has 2 rings (SSSR count). The van der Waals surface area contributed by atoms with Crippen LogP contribution in [0.1, 0.15) is 18.1 Å². The summed E-state index contributed by atoms with van der Waals surface area (Å²) in [5.74, 6) is 3.51. The zero-order chi connectivity index (χ0) is 22.6. The fraction of sp³-hybridized carbons (Fsp3) is 0.435. The predicted octanol–water partition coefficient (Wildman–Crippen LogP) is 3.30. The first kappa shape index (κ1) is 27.6. The molecule has 0 saturated heterocycles. The van der Waals surface area contributed by atoms with Crippen LogP contribution in [0.25, 0.3) is 0 Å². The maximum atomic E-state index is 8.95. The number of methoxy groups -OCH3 is 3. The number of rotatable bonds is 11. The summed E-state index contributed by atoms with van der Waals surface area (Å²) in [4.78, 5) is 6.81. The molecule has 0 radical (unpaired) electrons. The van der Waals surface area contributed by atoms with Gasteiger partial charge < -0.3 is 34.3 Å². The Kier molecular flexibility index (Phi) is 12.6. The van der Waals surface area contributed by atoms with Gasteiger partial charge in [-0.3, -0.25) is 0 Å². The molecule has 0 unspecified atom stereocenters. The largest absolute Gasteiger partial charge is 0.497 e. The number of ether oxygens (including phenoxy) is 4. The Bertz CT molecular complexity index is 864. The van der Waals surface area contributed by atoms with Crippen molar-refractivity contribution >= 4 is 29.9 Å². The molecule has 0 heterocycles. The van der Waals surface area contributed by atoms with E-state index in [0.717, 1.165) is 35.1 Å². The van der Waals surface area contributed by atoms with Gasteiger partial charge in [-0.25, -0.2) is 4.99 Å². The number of aliphatic imine (C=N–C) groups is 1. The van der Waals surface area contributed by atoms with Crippen LogP contribution in [-0.2, 0) is 13.1 Å². The molecular formula is C23H34IN3O5. The molecule has 2 aromatic carbocycles. The zero-order valence-corrected chi connectivity index (χ0v) is 21.7. The van der Waals surface area contributed by atoms with E-state index in [4.69, 9.17) is 29.0 Å². The van der Waals surface area contributed by atoms with Crippen molar-refractivity contribution < 1.29 is 24.1 Å². The monoisotopic (exact) mass is 559 g/mol. The molecule has 2 aromatic rings. The van der Waals surface area contributed by atoms with Gasteiger partial charge in [0.05, 0.1) is 34.5 Å². The second kappa shape index (κ2) is 14.6. The highest BCUT2D eigenvalue weighted by Gasteiger charge is 2.12. The van der Waals surface area contributed by atoms with Gasteiger partial charge in [-0.1, -0.05) is 6.07 Å². The second-order valence-electron chi connectivity index (χ2n) is 6.76. The Labute approximate surface area is 207 Å². The molecule has 0 amide bonds. The van der Waals surface area contributed by atoms with Crippen LogP contribution in [0.2, 0.25) is 0 Å². The topological polar surface area (TPSA) is 84.8 Å². The number of halogens is 1. The lowest BCUT2D eigenvalue weighted by Gasteiger charge is -2.23. The third kappa shape index (κ3) is 7.94. The number of nitrogens with one attached hydrogen (secondary N) is 1. The van der Waals surface area contributed by atoms with Crippen molar-refractivity contribution in [3.63, 3.8) is 0 Å². The van der Waals surface area contributed by atoms with Gasteiger partial charge >= 0.3 is 0 Å². The Morgan fingerprint density at radius 2 is 1.75 bits per heavy atom. The van der Waals surface area contributed by atoms with E-state index in [1.165, 1.54) is 0 Å². The molecule has 0 atom stereocenters. The van der Waals surface area contributed by atoms with Crippen molar-refractivity contribution in [3.05, 3.63) is 47.5 Å². The summed E-state index contributed by atoms with van der Waals surface area (Å²) in [5, 5.41) is 12.3. The van der Waals surface area contributed by atoms with E-state index in [-0.39, 0.29) is 37.2 Å². The summed E-state index contributed by atoms with van der Waals surface area (Å²) in [7, 11) is 6.86. The average Bonchev–Trinajstić information content (AvgIpc) is 2.80. The molecule has 9 heteroatoms. The average molecular weight is 559 g/mol. The van der Waals surface area contributed by atoms with Crippen molar-refractivity contribution in [2.75, 3.05) is 48.1 Å². The van der Waals surface area contributed by atoms with Gasteiger partial charge in [0.25, 0.3) is 0 Å². The third-order valence-electron chi connectivity index (χ3n) is 4.59. The van der Waals surface area contributed by atoms with Crippen LogP contribution in [0.4, 0.5) is 0 Å². The van der Waals surface area contributed by atoms with Crippen molar-refractivity contribution in [3.8, 4) is 23.0 Å². The summed E-state index contributed by atoms with van der Waals surface area (Å²) >= 11 is 0. The van der Waals surface area contributed by atoms with Crippen LogP contribution < -0.4 is 24.3 Å². The van der Waals surface area contributed by atoms with Crippen LogP contribution >= 0.6 is 24.0 Å². The minimum Gasteiger partial charge on any atom is -0.497 e. The first-order chi connectivity index (χ1) is 15.1. The lowest BCUT2D eigenvalue weighted by Crippen LogP contribution is -2.38. The van der Waals surface area contributed by atoms with Crippen LogP contribution in [0.5, 0.6) is 23.0 Å². The molecule has 0 bridgehead atoms. The molecule has 0 aromatic heterocycles. The highest BCUT2D eigenvalue weighted by Crippen LogP contribution is 2.28. The standard InChI is InChI=1S/C23H33N3O5.HI/c1-6-24-23(26(2)16-18-8-9-19(28-3)14-21(18)29-4)25-15-17-7-10-20(31-12-11-27)22(13-17)30-5;/h7-10,13-14,27H,6,11-12,15-16H2,1-5H3,(H,24,25);1H. The molecule has 0 spiro atoms. The molecular weight excluding hydrogens is 525 g/mol. The van der Waals surface area contributed by atoms with Crippen LogP contribution in [0.15, 0.2) is 41.4 Å². The zero-order valence-electron chi connectivity index (χ0n) is 19.4. The van der Waals surface area contributed by atoms with Crippen molar-refractivity contribution in [1.29, 1.82) is 0 Å². The van der Waals surface area contributed by atoms with E-state index in [2.05, 4.69) is 5.32 Å². The first-order valence-electron chi connectivity index (χ1n) is 10.2. The number of aliphatic hydroxyl groups is 1. The lowest BCUT2D eigenvalue weighted by atomic mass is 10.2. The smallest absolute Gasteiger partial charge is 0.194 e. The predicted molar refractivity (Wildman–Crippen MR) is 137 cm³/mol. The quantitative estimate of drug-likeness (QED) is 0.248. The third-order valence-corrected chi connectivity index (χ3v) is 4.59. The SMILES string of the molecule is CCNC(=NCc1ccc(OCCO)c(OC)c1)N(C)Cc1ccc(OC)cc1OC.I. The Hall–Kier alpha value is -2.40. The molecule has 0 aliphatic carbocycles. The van der Waals surface area contributed by atoms with Crippen LogP contribution in [0, 0.1) is 0 Å². The maximum Gasteiger partial charge on any atom is 0.194 e. The highest BCUT2D eigenvalue weighted by atomic mass is 127. The molecule has 32 heavy (non-hydrogen) atoms. The summed E-state index contributed by atoms with van der Waals surface area (Å²) in [6.45, 7) is 4.05. The van der Waals surface area contributed by atoms with Gasteiger partial charge in [-0.15, -0.1) is 24.0 Å². The van der Waals surface area contributed by atoms with Gasteiger partial charge in [0.15, 0.2) is 17.5 Å². The van der Waals surface area contributed by atoms with Crippen molar-refractivity contribution in [2.45, 2.75) is 20.0 Å². The lowest BCUT2D eigenvalue weighted by molar-refractivity contribution is 0.196. The molecule has 8 nitrogen and oxygen atoms in total. The van der Waals surface area contributed by atoms with Gasteiger partial charge in [-0.2, -0.15) is 0 Å². The number of hydrogen-bond donors (Lipinski definition) is 2. The molecule has 0 fully saturated rings. The number of guanidine groups is 1. The summed E-state index contributed by atoms with van der Waals surface area (Å²) in [6.07, 6.45) is 0. The van der Waals surface area contributed by atoms with Crippen LogP contribution in [-0.4, -0.2) is 64.1 Å². The molecule has 2 N–H and O–H groups in total.